The van der Waals surface area contributed by atoms with Crippen LogP contribution in [0.5, 0.6) is 5.75 Å². The molecule has 0 spiro atoms. The summed E-state index contributed by atoms with van der Waals surface area (Å²) in [6.07, 6.45) is 1.85. The minimum atomic E-state index is -0.260. The third kappa shape index (κ3) is 4.19. The van der Waals surface area contributed by atoms with E-state index in [1.54, 1.807) is 36.1 Å². The fraction of sp³-hybridized carbons (Fsp3) is 0.143. The van der Waals surface area contributed by atoms with Gasteiger partial charge in [-0.15, -0.1) is 0 Å². The van der Waals surface area contributed by atoms with Gasteiger partial charge in [-0.3, -0.25) is 9.59 Å². The lowest BCUT2D eigenvalue weighted by molar-refractivity contribution is -0.115. The van der Waals surface area contributed by atoms with Crippen LogP contribution in [-0.4, -0.2) is 17.6 Å². The van der Waals surface area contributed by atoms with Crippen LogP contribution in [0.4, 0.5) is 5.69 Å². The normalized spacial score (nSPS) is 10.3. The van der Waals surface area contributed by atoms with Gasteiger partial charge < -0.3 is 14.6 Å². The van der Waals surface area contributed by atoms with Crippen LogP contribution in [0.2, 0.25) is 0 Å². The molecular formula is C21H20N2O3. The van der Waals surface area contributed by atoms with Crippen LogP contribution >= 0.6 is 0 Å². The molecule has 0 aliphatic heterocycles. The molecule has 1 aromatic heterocycles. The molecule has 0 aliphatic rings. The Bertz CT molecular complexity index is 949. The number of nitrogens with zero attached hydrogens (tertiary/aromatic N) is 1. The molecular weight excluding hydrogens is 328 g/mol. The van der Waals surface area contributed by atoms with Gasteiger partial charge in [0, 0.05) is 11.8 Å². The molecule has 0 fully saturated rings. The maximum atomic E-state index is 12.6. The van der Waals surface area contributed by atoms with Gasteiger partial charge in [-0.05, 0) is 23.8 Å². The number of aromatic nitrogens is 1. The lowest BCUT2D eigenvalue weighted by Crippen LogP contribution is -2.26. The Morgan fingerprint density at radius 1 is 1.00 bits per heavy atom. The summed E-state index contributed by atoms with van der Waals surface area (Å²) in [5.74, 6) is 0.390. The van der Waals surface area contributed by atoms with Crippen LogP contribution in [0.25, 0.3) is 0 Å². The number of hydrogen-bond acceptors (Lipinski definition) is 3. The molecule has 5 nitrogen and oxygen atoms in total. The molecule has 1 N–H and O–H groups in total. The minimum absolute atomic E-state index is 0.136. The van der Waals surface area contributed by atoms with E-state index >= 15 is 0 Å². The van der Waals surface area contributed by atoms with E-state index in [4.69, 9.17) is 4.74 Å². The topological polar surface area (TPSA) is 60.3 Å². The van der Waals surface area contributed by atoms with E-state index in [9.17, 15) is 9.59 Å². The molecule has 132 valence electrons. The van der Waals surface area contributed by atoms with E-state index < -0.39 is 0 Å². The van der Waals surface area contributed by atoms with Gasteiger partial charge >= 0.3 is 0 Å². The van der Waals surface area contributed by atoms with Gasteiger partial charge in [0.05, 0.1) is 20.1 Å². The van der Waals surface area contributed by atoms with Gasteiger partial charge in [0.15, 0.2) is 0 Å². The van der Waals surface area contributed by atoms with Crippen LogP contribution in [0.3, 0.4) is 0 Å². The Kier molecular flexibility index (Phi) is 5.49. The quantitative estimate of drug-likeness (QED) is 0.745. The second-order valence-electron chi connectivity index (χ2n) is 5.88. The fourth-order valence-electron chi connectivity index (χ4n) is 2.75. The predicted octanol–water partition coefficient (Wildman–Crippen LogP) is 3.09. The molecule has 0 atom stereocenters. The van der Waals surface area contributed by atoms with Crippen LogP contribution in [0.1, 0.15) is 11.1 Å². The zero-order valence-corrected chi connectivity index (χ0v) is 14.5. The van der Waals surface area contributed by atoms with Gasteiger partial charge in [-0.1, -0.05) is 48.5 Å². The molecule has 3 aromatic rings. The molecule has 1 amide bonds. The first-order valence-electron chi connectivity index (χ1n) is 8.32. The number of amides is 1. The van der Waals surface area contributed by atoms with Crippen molar-refractivity contribution in [2.24, 2.45) is 0 Å². The predicted molar refractivity (Wildman–Crippen MR) is 102 cm³/mol. The number of carbonyl (C=O) groups excluding carboxylic acids is 1. The van der Waals surface area contributed by atoms with Gasteiger partial charge in [0.25, 0.3) is 5.56 Å². The maximum Gasteiger partial charge on any atom is 0.274 e. The molecule has 0 aliphatic carbocycles. The SMILES string of the molecule is COc1ccccc1CC(=O)Nc1cccn(Cc2ccccc2)c1=O. The monoisotopic (exact) mass is 348 g/mol. The first kappa shape index (κ1) is 17.5. The lowest BCUT2D eigenvalue weighted by Gasteiger charge is -2.11. The summed E-state index contributed by atoms with van der Waals surface area (Å²) in [6, 6.07) is 20.4. The minimum Gasteiger partial charge on any atom is -0.496 e. The highest BCUT2D eigenvalue weighted by Gasteiger charge is 2.11. The molecule has 5 heteroatoms. The number of ether oxygens (including phenoxy) is 1. The summed E-state index contributed by atoms with van der Waals surface area (Å²) in [5, 5.41) is 2.71. The van der Waals surface area contributed by atoms with Crippen molar-refractivity contribution in [3.8, 4) is 5.75 Å². The fourth-order valence-corrected chi connectivity index (χ4v) is 2.75. The van der Waals surface area contributed by atoms with Crippen molar-refractivity contribution in [2.75, 3.05) is 12.4 Å². The maximum absolute atomic E-state index is 12.6. The number of para-hydroxylation sites is 1. The molecule has 26 heavy (non-hydrogen) atoms. The van der Waals surface area contributed by atoms with Gasteiger partial charge in [-0.2, -0.15) is 0 Å². The smallest absolute Gasteiger partial charge is 0.274 e. The molecule has 0 radical (unpaired) electrons. The van der Waals surface area contributed by atoms with Crippen LogP contribution in [-0.2, 0) is 17.8 Å². The highest BCUT2D eigenvalue weighted by atomic mass is 16.5. The van der Waals surface area contributed by atoms with E-state index in [0.717, 1.165) is 11.1 Å². The number of anilines is 1. The van der Waals surface area contributed by atoms with Crippen molar-refractivity contribution in [2.45, 2.75) is 13.0 Å². The zero-order valence-electron chi connectivity index (χ0n) is 14.5. The first-order valence-corrected chi connectivity index (χ1v) is 8.32. The Labute approximate surface area is 151 Å². The summed E-state index contributed by atoms with van der Waals surface area (Å²) in [6.45, 7) is 0.454. The highest BCUT2D eigenvalue weighted by Crippen LogP contribution is 2.18. The molecule has 3 rings (SSSR count). The number of carbonyl (C=O) groups is 1. The van der Waals surface area contributed by atoms with Crippen molar-refractivity contribution in [1.29, 1.82) is 0 Å². The number of rotatable bonds is 6. The molecule has 0 saturated carbocycles. The van der Waals surface area contributed by atoms with Crippen molar-refractivity contribution >= 4 is 11.6 Å². The van der Waals surface area contributed by atoms with Crippen LogP contribution < -0.4 is 15.6 Å². The number of hydrogen-bond donors (Lipinski definition) is 1. The summed E-state index contributed by atoms with van der Waals surface area (Å²) in [5.41, 5.74) is 1.83. The lowest BCUT2D eigenvalue weighted by atomic mass is 10.1. The van der Waals surface area contributed by atoms with E-state index in [1.165, 1.54) is 0 Å². The van der Waals surface area contributed by atoms with E-state index in [0.29, 0.717) is 12.3 Å². The van der Waals surface area contributed by atoms with E-state index in [-0.39, 0.29) is 23.6 Å². The van der Waals surface area contributed by atoms with Crippen LogP contribution in [0.15, 0.2) is 77.7 Å². The number of methoxy groups -OCH3 is 1. The Hall–Kier alpha value is -3.34. The average Bonchev–Trinajstić information content (AvgIpc) is 2.66. The Balaban J connectivity index is 1.74. The number of nitrogens with one attached hydrogen (secondary N) is 1. The molecule has 1 heterocycles. The molecule has 0 unspecified atom stereocenters. The summed E-state index contributed by atoms with van der Waals surface area (Å²) < 4.78 is 6.84. The average molecular weight is 348 g/mol. The van der Waals surface area contributed by atoms with E-state index in [1.807, 2.05) is 48.5 Å². The Morgan fingerprint density at radius 2 is 1.73 bits per heavy atom. The van der Waals surface area contributed by atoms with Crippen molar-refractivity contribution in [1.82, 2.24) is 4.57 Å². The van der Waals surface area contributed by atoms with Crippen LogP contribution in [0, 0.1) is 0 Å². The first-order chi connectivity index (χ1) is 12.7. The summed E-state index contributed by atoms with van der Waals surface area (Å²) >= 11 is 0. The number of benzene rings is 2. The van der Waals surface area contributed by atoms with Gasteiger partial charge in [0.2, 0.25) is 5.91 Å². The molecule has 0 saturated heterocycles. The van der Waals surface area contributed by atoms with E-state index in [2.05, 4.69) is 5.32 Å². The second kappa shape index (κ2) is 8.16. The number of pyridine rings is 1. The second-order valence-corrected chi connectivity index (χ2v) is 5.88. The third-order valence-corrected chi connectivity index (χ3v) is 4.03. The molecule has 2 aromatic carbocycles. The highest BCUT2D eigenvalue weighted by molar-refractivity contribution is 5.92. The van der Waals surface area contributed by atoms with Gasteiger partial charge in [-0.25, -0.2) is 0 Å². The third-order valence-electron chi connectivity index (χ3n) is 4.03. The van der Waals surface area contributed by atoms with Gasteiger partial charge in [0.1, 0.15) is 11.4 Å². The van der Waals surface area contributed by atoms with Crippen molar-refractivity contribution in [3.63, 3.8) is 0 Å². The van der Waals surface area contributed by atoms with Crippen molar-refractivity contribution in [3.05, 3.63) is 94.4 Å². The summed E-state index contributed by atoms with van der Waals surface area (Å²) in [4.78, 5) is 25.0. The summed E-state index contributed by atoms with van der Waals surface area (Å²) in [7, 11) is 1.57. The standard InChI is InChI=1S/C21H20N2O3/c1-26-19-12-6-5-10-17(19)14-20(24)22-18-11-7-13-23(21(18)25)15-16-8-3-2-4-9-16/h2-13H,14-15H2,1H3,(H,22,24). The zero-order chi connectivity index (χ0) is 18.4. The molecule has 0 bridgehead atoms. The Morgan fingerprint density at radius 3 is 2.50 bits per heavy atom. The van der Waals surface area contributed by atoms with Crippen molar-refractivity contribution < 1.29 is 9.53 Å². The largest absolute Gasteiger partial charge is 0.496 e.